The molecule has 2 heterocycles. The summed E-state index contributed by atoms with van der Waals surface area (Å²) in [6.45, 7) is 3.86. The Morgan fingerprint density at radius 3 is 2.49 bits per heavy atom. The van der Waals surface area contributed by atoms with E-state index in [0.717, 1.165) is 12.1 Å². The quantitative estimate of drug-likeness (QED) is 0.256. The Morgan fingerprint density at radius 2 is 1.87 bits per heavy atom. The van der Waals surface area contributed by atoms with Gasteiger partial charge in [-0.25, -0.2) is 26.6 Å². The van der Waals surface area contributed by atoms with Gasteiger partial charge >= 0.3 is 11.9 Å². The molecule has 1 aromatic heterocycles. The Balaban J connectivity index is 1.68. The number of halogens is 5. The maximum atomic E-state index is 14.1. The van der Waals surface area contributed by atoms with Crippen molar-refractivity contribution in [3.8, 4) is 11.3 Å². The van der Waals surface area contributed by atoms with Gasteiger partial charge in [0.05, 0.1) is 12.2 Å². The molecule has 2 aliphatic rings. The summed E-state index contributed by atoms with van der Waals surface area (Å²) < 4.78 is 87.6. The smallest absolute Gasteiger partial charge is 0.303 e. The zero-order valence-corrected chi connectivity index (χ0v) is 22.2. The van der Waals surface area contributed by atoms with Crippen LogP contribution in [0.25, 0.3) is 11.3 Å². The van der Waals surface area contributed by atoms with Gasteiger partial charge in [-0.15, -0.1) is 16.9 Å². The summed E-state index contributed by atoms with van der Waals surface area (Å²) in [6.07, 6.45) is -0.232. The molecule has 0 spiro atoms. The van der Waals surface area contributed by atoms with E-state index in [4.69, 9.17) is 14.2 Å². The van der Waals surface area contributed by atoms with E-state index in [0.29, 0.717) is 12.8 Å². The van der Waals surface area contributed by atoms with E-state index in [1.807, 2.05) is 0 Å². The molecule has 6 atom stereocenters. The van der Waals surface area contributed by atoms with Crippen molar-refractivity contribution in [2.24, 2.45) is 5.92 Å². The molecule has 8 nitrogen and oxygen atoms in total. The van der Waals surface area contributed by atoms with E-state index >= 15 is 0 Å². The van der Waals surface area contributed by atoms with Crippen LogP contribution < -0.4 is 0 Å². The highest BCUT2D eigenvalue weighted by Crippen LogP contribution is 2.46. The fraction of sp³-hybridized carbons (Fsp3) is 0.600. The van der Waals surface area contributed by atoms with Crippen molar-refractivity contribution in [1.82, 2.24) is 15.0 Å². The third kappa shape index (κ3) is 6.89. The largest absolute Gasteiger partial charge is 0.463 e. The maximum Gasteiger partial charge on any atom is 0.303 e. The van der Waals surface area contributed by atoms with Crippen molar-refractivity contribution in [3.05, 3.63) is 35.8 Å². The summed E-state index contributed by atoms with van der Waals surface area (Å²) in [5, 5.41) is 7.64. The van der Waals surface area contributed by atoms with Gasteiger partial charge in [-0.3, -0.25) is 9.59 Å². The Morgan fingerprint density at radius 1 is 1.18 bits per heavy atom. The molecule has 0 N–H and O–H groups in total. The molecule has 2 aromatic rings. The summed E-state index contributed by atoms with van der Waals surface area (Å²) in [5.41, 5.74) is -0.747. The van der Waals surface area contributed by atoms with Crippen LogP contribution in [0.15, 0.2) is 18.3 Å². The van der Waals surface area contributed by atoms with Crippen molar-refractivity contribution in [2.45, 2.75) is 81.3 Å². The van der Waals surface area contributed by atoms with Gasteiger partial charge in [0.2, 0.25) is 5.92 Å². The number of hydrogen-bond donors (Lipinski definition) is 0. The Labute approximate surface area is 225 Å². The van der Waals surface area contributed by atoms with Gasteiger partial charge in [0.25, 0.3) is 0 Å². The lowest BCUT2D eigenvalue weighted by Crippen LogP contribution is -2.54. The van der Waals surface area contributed by atoms with E-state index in [1.54, 1.807) is 6.92 Å². The number of benzene rings is 1. The Hall–Kier alpha value is -2.74. The first-order valence-corrected chi connectivity index (χ1v) is 13.3. The predicted molar refractivity (Wildman–Crippen MR) is 129 cm³/mol. The van der Waals surface area contributed by atoms with Crippen molar-refractivity contribution < 1.29 is 45.8 Å². The van der Waals surface area contributed by atoms with Crippen LogP contribution in [0.5, 0.6) is 0 Å². The minimum atomic E-state index is -2.79. The summed E-state index contributed by atoms with van der Waals surface area (Å²) in [6, 6.07) is 0.755. The van der Waals surface area contributed by atoms with Crippen molar-refractivity contribution in [3.63, 3.8) is 0 Å². The molecule has 0 amide bonds. The fourth-order valence-corrected chi connectivity index (χ4v) is 6.60. The van der Waals surface area contributed by atoms with Crippen LogP contribution in [0, 0.1) is 23.4 Å². The minimum Gasteiger partial charge on any atom is -0.463 e. The second-order valence-electron chi connectivity index (χ2n) is 9.82. The molecule has 1 saturated carbocycles. The number of ether oxygens (including phenoxy) is 3. The van der Waals surface area contributed by atoms with Crippen LogP contribution in [0.3, 0.4) is 0 Å². The van der Waals surface area contributed by atoms with Gasteiger partial charge in [0.15, 0.2) is 23.6 Å². The molecule has 1 aliphatic carbocycles. The molecule has 2 fully saturated rings. The summed E-state index contributed by atoms with van der Waals surface area (Å²) in [4.78, 5) is 23.6. The van der Waals surface area contributed by atoms with Crippen LogP contribution in [-0.4, -0.2) is 62.4 Å². The molecule has 214 valence electrons. The number of esters is 2. The second kappa shape index (κ2) is 11.8. The highest BCUT2D eigenvalue weighted by atomic mass is 32.2. The highest BCUT2D eigenvalue weighted by Gasteiger charge is 2.49. The number of rotatable bonds is 7. The Bertz CT molecular complexity index is 1190. The molecular formula is C25H28F5N3O5S. The first-order chi connectivity index (χ1) is 18.3. The standard InChI is InChI=1S/C25H28F5N3O5S/c1-12-22(33-10-19(31-32-33)15-7-17(26)21(28)18(27)8-15)23(37-14(3)35)20(11-36-13(2)34)38-24(12)39-16-5-4-6-25(29,30)9-16/h7-8,10,12,16,20,22-24H,4-6,9,11H2,1-3H3/t12?,16?,20?,22-,23+,24-/m1/s1. The van der Waals surface area contributed by atoms with E-state index in [1.165, 1.54) is 36.5 Å². The summed E-state index contributed by atoms with van der Waals surface area (Å²) in [7, 11) is 0. The molecule has 3 unspecified atom stereocenters. The third-order valence-corrected chi connectivity index (χ3v) is 8.35. The topological polar surface area (TPSA) is 92.5 Å². The van der Waals surface area contributed by atoms with Crippen molar-refractivity contribution >= 4 is 23.7 Å². The van der Waals surface area contributed by atoms with Gasteiger partial charge in [0.1, 0.15) is 23.8 Å². The third-order valence-electron chi connectivity index (χ3n) is 6.75. The average molecular weight is 578 g/mol. The molecule has 0 radical (unpaired) electrons. The van der Waals surface area contributed by atoms with Gasteiger partial charge < -0.3 is 14.2 Å². The SMILES string of the molecule is CC(=O)OCC1O[C@H](SC2CCCC(F)(F)C2)C(C)[C@@H](n2cc(-c3cc(F)c(F)c(F)c3)nn2)[C@H]1OC(C)=O. The molecule has 1 saturated heterocycles. The van der Waals surface area contributed by atoms with Crippen LogP contribution in [0.1, 0.15) is 52.5 Å². The number of carbonyl (C=O) groups excluding carboxylic acids is 2. The van der Waals surface area contributed by atoms with Gasteiger partial charge in [-0.05, 0) is 25.0 Å². The van der Waals surface area contributed by atoms with Crippen molar-refractivity contribution in [1.29, 1.82) is 0 Å². The molecule has 0 bridgehead atoms. The zero-order chi connectivity index (χ0) is 28.5. The molecule has 1 aliphatic heterocycles. The van der Waals surface area contributed by atoms with E-state index in [9.17, 15) is 31.5 Å². The number of thioether (sulfide) groups is 1. The van der Waals surface area contributed by atoms with Gasteiger partial charge in [-0.1, -0.05) is 12.1 Å². The van der Waals surface area contributed by atoms with E-state index in [2.05, 4.69) is 10.3 Å². The molecular weight excluding hydrogens is 549 g/mol. The lowest BCUT2D eigenvalue weighted by molar-refractivity contribution is -0.191. The number of aromatic nitrogens is 3. The molecule has 4 rings (SSSR count). The number of carbonyl (C=O) groups is 2. The lowest BCUT2D eigenvalue weighted by Gasteiger charge is -2.45. The lowest BCUT2D eigenvalue weighted by atomic mass is 9.90. The van der Waals surface area contributed by atoms with Crippen LogP contribution in [-0.2, 0) is 23.8 Å². The van der Waals surface area contributed by atoms with E-state index < -0.39 is 70.2 Å². The zero-order valence-electron chi connectivity index (χ0n) is 21.4. The van der Waals surface area contributed by atoms with Crippen molar-refractivity contribution in [2.75, 3.05) is 6.61 Å². The molecule has 39 heavy (non-hydrogen) atoms. The second-order valence-corrected chi connectivity index (χ2v) is 11.2. The minimum absolute atomic E-state index is 0.0146. The molecule has 1 aromatic carbocycles. The maximum absolute atomic E-state index is 14.1. The normalized spacial score (nSPS) is 28.6. The average Bonchev–Trinajstić information content (AvgIpc) is 3.32. The monoisotopic (exact) mass is 577 g/mol. The van der Waals surface area contributed by atoms with Crippen LogP contribution in [0.4, 0.5) is 22.0 Å². The van der Waals surface area contributed by atoms with Crippen LogP contribution in [0.2, 0.25) is 0 Å². The first kappa shape index (κ1) is 29.2. The first-order valence-electron chi connectivity index (χ1n) is 12.4. The summed E-state index contributed by atoms with van der Waals surface area (Å²) >= 11 is 1.23. The fourth-order valence-electron chi connectivity index (χ4n) is 4.96. The van der Waals surface area contributed by atoms with E-state index in [-0.39, 0.29) is 30.7 Å². The van der Waals surface area contributed by atoms with Gasteiger partial charge in [0, 0.05) is 43.4 Å². The summed E-state index contributed by atoms with van der Waals surface area (Å²) in [5.74, 6) is -8.98. The highest BCUT2D eigenvalue weighted by molar-refractivity contribution is 8.00. The predicted octanol–water partition coefficient (Wildman–Crippen LogP) is 5.07. The molecule has 14 heteroatoms. The van der Waals surface area contributed by atoms with Crippen LogP contribution >= 0.6 is 11.8 Å². The number of nitrogens with zero attached hydrogens (tertiary/aromatic N) is 3. The number of alkyl halides is 2. The Kier molecular flexibility index (Phi) is 8.84. The van der Waals surface area contributed by atoms with Gasteiger partial charge in [-0.2, -0.15) is 0 Å². The number of hydrogen-bond acceptors (Lipinski definition) is 8.